The molecular formula is C24H17ClN6O3. The number of carbonyl (C=O) groups excluding carboxylic acids is 1. The molecule has 0 aliphatic rings. The van der Waals surface area contributed by atoms with Crippen LogP contribution in [0.1, 0.15) is 10.4 Å². The number of fused-ring (bicyclic) bond motifs is 1. The van der Waals surface area contributed by atoms with Gasteiger partial charge in [-0.05, 0) is 30.3 Å². The highest BCUT2D eigenvalue weighted by Gasteiger charge is 2.21. The Bertz CT molecular complexity index is 1580. The van der Waals surface area contributed by atoms with Crippen LogP contribution in [0, 0.1) is 0 Å². The zero-order chi connectivity index (χ0) is 23.7. The number of hydrogen-bond acceptors (Lipinski definition) is 6. The largest absolute Gasteiger partial charge is 0.497 e. The second-order valence-corrected chi connectivity index (χ2v) is 7.67. The Balaban J connectivity index is 1.75. The first-order chi connectivity index (χ1) is 16.6. The molecule has 3 aromatic heterocycles. The van der Waals surface area contributed by atoms with E-state index in [0.29, 0.717) is 33.1 Å². The number of nitrogens with zero attached hydrogens (tertiary/aromatic N) is 4. The van der Waals surface area contributed by atoms with Crippen LogP contribution in [0.25, 0.3) is 33.7 Å². The second-order valence-electron chi connectivity index (χ2n) is 7.27. The van der Waals surface area contributed by atoms with Crippen LogP contribution in [0.3, 0.4) is 0 Å². The molecule has 0 atom stereocenters. The van der Waals surface area contributed by atoms with Crippen molar-refractivity contribution in [2.75, 3.05) is 12.5 Å². The van der Waals surface area contributed by atoms with E-state index in [1.807, 2.05) is 6.07 Å². The van der Waals surface area contributed by atoms with E-state index >= 15 is 0 Å². The highest BCUT2D eigenvalue weighted by Crippen LogP contribution is 2.31. The van der Waals surface area contributed by atoms with Crippen molar-refractivity contribution in [2.24, 2.45) is 0 Å². The molecule has 0 saturated carbocycles. The normalized spacial score (nSPS) is 10.9. The zero-order valence-corrected chi connectivity index (χ0v) is 18.6. The molecule has 1 amide bonds. The minimum Gasteiger partial charge on any atom is -0.497 e. The van der Waals surface area contributed by atoms with Gasteiger partial charge in [0.25, 0.3) is 11.5 Å². The summed E-state index contributed by atoms with van der Waals surface area (Å²) in [6.45, 7) is 0. The lowest BCUT2D eigenvalue weighted by molar-refractivity contribution is 0.101. The maximum atomic E-state index is 13.5. The van der Waals surface area contributed by atoms with Crippen molar-refractivity contribution >= 4 is 28.5 Å². The molecule has 5 rings (SSSR count). The van der Waals surface area contributed by atoms with Gasteiger partial charge in [0.05, 0.1) is 17.7 Å². The summed E-state index contributed by atoms with van der Waals surface area (Å²) in [6.07, 6.45) is 2.96. The Hall–Kier alpha value is -4.50. The summed E-state index contributed by atoms with van der Waals surface area (Å²) in [5, 5.41) is 7.51. The van der Waals surface area contributed by atoms with Crippen molar-refractivity contribution in [3.8, 4) is 28.4 Å². The minimum atomic E-state index is -0.536. The number of pyridine rings is 1. The van der Waals surface area contributed by atoms with Crippen molar-refractivity contribution in [2.45, 2.75) is 0 Å². The van der Waals surface area contributed by atoms with Crippen LogP contribution in [-0.2, 0) is 0 Å². The van der Waals surface area contributed by atoms with Crippen molar-refractivity contribution in [1.82, 2.24) is 24.8 Å². The van der Waals surface area contributed by atoms with Gasteiger partial charge in [-0.2, -0.15) is 9.77 Å². The van der Waals surface area contributed by atoms with E-state index in [4.69, 9.17) is 21.3 Å². The van der Waals surface area contributed by atoms with Crippen molar-refractivity contribution in [3.63, 3.8) is 0 Å². The molecule has 9 nitrogen and oxygen atoms in total. The van der Waals surface area contributed by atoms with Crippen molar-refractivity contribution < 1.29 is 9.53 Å². The molecule has 0 bridgehead atoms. The third kappa shape index (κ3) is 3.78. The second kappa shape index (κ2) is 8.80. The maximum absolute atomic E-state index is 13.5. The summed E-state index contributed by atoms with van der Waals surface area (Å²) in [6, 6.07) is 17.4. The first-order valence-corrected chi connectivity index (χ1v) is 10.6. The van der Waals surface area contributed by atoms with Gasteiger partial charge in [0.15, 0.2) is 11.3 Å². The smallest absolute Gasteiger partial charge is 0.298 e. The SMILES string of the molecule is COc1cccc(-c2nc3c(-c4ccccc4Cl)n[nH]c3c(=O)n2NC(=O)c2cccnc2)c1. The lowest BCUT2D eigenvalue weighted by Crippen LogP contribution is -2.35. The first kappa shape index (κ1) is 21.4. The van der Waals surface area contributed by atoms with Gasteiger partial charge >= 0.3 is 0 Å². The Labute approximate surface area is 198 Å². The van der Waals surface area contributed by atoms with Gasteiger partial charge in [0.1, 0.15) is 17.0 Å². The Morgan fingerprint density at radius 1 is 1.12 bits per heavy atom. The molecular weight excluding hydrogens is 456 g/mol. The van der Waals surface area contributed by atoms with Gasteiger partial charge in [-0.15, -0.1) is 0 Å². The minimum absolute atomic E-state index is 0.119. The summed E-state index contributed by atoms with van der Waals surface area (Å²) in [4.78, 5) is 35.1. The van der Waals surface area contributed by atoms with E-state index in [1.165, 1.54) is 6.20 Å². The van der Waals surface area contributed by atoms with Crippen LogP contribution in [0.15, 0.2) is 77.9 Å². The molecule has 34 heavy (non-hydrogen) atoms. The predicted octanol–water partition coefficient (Wildman–Crippen LogP) is 3.89. The lowest BCUT2D eigenvalue weighted by atomic mass is 10.1. The molecule has 0 saturated heterocycles. The number of aromatic nitrogens is 5. The van der Waals surface area contributed by atoms with Gasteiger partial charge in [-0.25, -0.2) is 4.98 Å². The van der Waals surface area contributed by atoms with Crippen LogP contribution in [0.4, 0.5) is 0 Å². The van der Waals surface area contributed by atoms with Gasteiger partial charge in [-0.1, -0.05) is 41.9 Å². The zero-order valence-electron chi connectivity index (χ0n) is 17.8. The molecule has 2 aromatic carbocycles. The molecule has 10 heteroatoms. The number of ether oxygens (including phenoxy) is 1. The number of amides is 1. The lowest BCUT2D eigenvalue weighted by Gasteiger charge is -2.14. The van der Waals surface area contributed by atoms with E-state index in [-0.39, 0.29) is 16.9 Å². The van der Waals surface area contributed by atoms with E-state index < -0.39 is 11.5 Å². The quantitative estimate of drug-likeness (QED) is 0.401. The van der Waals surface area contributed by atoms with Crippen LogP contribution >= 0.6 is 11.6 Å². The highest BCUT2D eigenvalue weighted by atomic mass is 35.5. The van der Waals surface area contributed by atoms with E-state index in [1.54, 1.807) is 67.9 Å². The number of H-pyrrole nitrogens is 1. The van der Waals surface area contributed by atoms with Crippen molar-refractivity contribution in [1.29, 1.82) is 0 Å². The van der Waals surface area contributed by atoms with Crippen LogP contribution in [0.5, 0.6) is 5.75 Å². The summed E-state index contributed by atoms with van der Waals surface area (Å²) in [5.41, 5.74) is 4.42. The number of hydrogen-bond donors (Lipinski definition) is 2. The van der Waals surface area contributed by atoms with Gasteiger partial charge in [-0.3, -0.25) is 25.1 Å². The number of benzene rings is 2. The number of aromatic amines is 1. The number of rotatable bonds is 5. The third-order valence-corrected chi connectivity index (χ3v) is 5.51. The van der Waals surface area contributed by atoms with Crippen molar-refractivity contribution in [3.05, 3.63) is 94.0 Å². The molecule has 0 aliphatic heterocycles. The average molecular weight is 473 g/mol. The molecule has 0 radical (unpaired) electrons. The average Bonchev–Trinajstić information content (AvgIpc) is 3.30. The fraction of sp³-hybridized carbons (Fsp3) is 0.0417. The van der Waals surface area contributed by atoms with Crippen LogP contribution in [0.2, 0.25) is 5.02 Å². The molecule has 5 aromatic rings. The van der Waals surface area contributed by atoms with E-state index in [2.05, 4.69) is 20.6 Å². The van der Waals surface area contributed by atoms with Gasteiger partial charge < -0.3 is 4.74 Å². The summed E-state index contributed by atoms with van der Waals surface area (Å²) >= 11 is 6.38. The fourth-order valence-electron chi connectivity index (χ4n) is 3.52. The highest BCUT2D eigenvalue weighted by molar-refractivity contribution is 6.33. The third-order valence-electron chi connectivity index (χ3n) is 5.18. The molecule has 0 fully saturated rings. The molecule has 3 heterocycles. The number of carbonyl (C=O) groups is 1. The predicted molar refractivity (Wildman–Crippen MR) is 129 cm³/mol. The van der Waals surface area contributed by atoms with Gasteiger partial charge in [0, 0.05) is 23.5 Å². The number of nitrogens with one attached hydrogen (secondary N) is 2. The Kier molecular flexibility index (Phi) is 5.52. The first-order valence-electron chi connectivity index (χ1n) is 10.2. The monoisotopic (exact) mass is 472 g/mol. The Morgan fingerprint density at radius 3 is 2.74 bits per heavy atom. The van der Waals surface area contributed by atoms with E-state index in [0.717, 1.165) is 4.68 Å². The van der Waals surface area contributed by atoms with Crippen LogP contribution < -0.4 is 15.7 Å². The standard InChI is InChI=1S/C24H17ClN6O3/c1-34-16-8-4-6-14(12-16)22-27-20-19(17-9-2-3-10-18(17)25)28-29-21(20)24(33)31(22)30-23(32)15-7-5-11-26-13-15/h2-13H,1H3,(H,28,29)(H,30,32). The number of halogens is 1. The van der Waals surface area contributed by atoms with Crippen LogP contribution in [-0.4, -0.2) is 37.9 Å². The molecule has 0 aliphatic carbocycles. The van der Waals surface area contributed by atoms with E-state index in [9.17, 15) is 9.59 Å². The number of methoxy groups -OCH3 is 1. The molecule has 168 valence electrons. The summed E-state index contributed by atoms with van der Waals surface area (Å²) in [5.74, 6) is 0.241. The Morgan fingerprint density at radius 2 is 1.97 bits per heavy atom. The summed E-state index contributed by atoms with van der Waals surface area (Å²) in [7, 11) is 1.54. The molecule has 0 unspecified atom stereocenters. The molecule has 2 N–H and O–H groups in total. The molecule has 0 spiro atoms. The van der Waals surface area contributed by atoms with Gasteiger partial charge in [0.2, 0.25) is 0 Å². The fourth-order valence-corrected chi connectivity index (χ4v) is 3.75. The topological polar surface area (TPSA) is 115 Å². The summed E-state index contributed by atoms with van der Waals surface area (Å²) < 4.78 is 6.42. The maximum Gasteiger partial charge on any atom is 0.298 e.